The fourth-order valence-corrected chi connectivity index (χ4v) is 3.98. The number of fused-ring (bicyclic) bond motifs is 1. The molecule has 0 radical (unpaired) electrons. The summed E-state index contributed by atoms with van der Waals surface area (Å²) in [6, 6.07) is 11.7. The van der Waals surface area contributed by atoms with Crippen LogP contribution in [0.25, 0.3) is 10.2 Å². The third-order valence-corrected chi connectivity index (χ3v) is 5.20. The van der Waals surface area contributed by atoms with Crippen molar-refractivity contribution in [2.75, 3.05) is 12.4 Å². The summed E-state index contributed by atoms with van der Waals surface area (Å²) in [7, 11) is 0. The predicted octanol–water partition coefficient (Wildman–Crippen LogP) is 4.24. The van der Waals surface area contributed by atoms with E-state index in [0.29, 0.717) is 17.1 Å². The Bertz CT molecular complexity index is 827. The molecule has 3 aromatic rings. The van der Waals surface area contributed by atoms with Gasteiger partial charge in [0.15, 0.2) is 5.16 Å². The molecule has 120 valence electrons. The van der Waals surface area contributed by atoms with Crippen molar-refractivity contribution >= 4 is 33.3 Å². The van der Waals surface area contributed by atoms with Gasteiger partial charge in [-0.2, -0.15) is 0 Å². The number of thiophene rings is 1. The Morgan fingerprint density at radius 2 is 2.09 bits per heavy atom. The maximum Gasteiger partial charge on any atom is 0.260 e. The van der Waals surface area contributed by atoms with E-state index in [-0.39, 0.29) is 5.56 Å². The maximum atomic E-state index is 12.0. The molecule has 0 fully saturated rings. The fraction of sp³-hybridized carbons (Fsp3) is 0.294. The predicted molar refractivity (Wildman–Crippen MR) is 96.9 cm³/mol. The molecule has 0 bridgehead atoms. The van der Waals surface area contributed by atoms with Gasteiger partial charge in [-0.25, -0.2) is 4.98 Å². The largest absolute Gasteiger partial charge is 0.494 e. The monoisotopic (exact) mass is 346 g/mol. The Hall–Kier alpha value is -1.79. The lowest BCUT2D eigenvalue weighted by molar-refractivity contribution is 0.310. The number of ether oxygens (including phenoxy) is 1. The van der Waals surface area contributed by atoms with Crippen LogP contribution in [0, 0.1) is 6.92 Å². The van der Waals surface area contributed by atoms with Crippen molar-refractivity contribution in [3.05, 3.63) is 51.6 Å². The molecule has 23 heavy (non-hydrogen) atoms. The van der Waals surface area contributed by atoms with Crippen LogP contribution in [-0.2, 0) is 0 Å². The summed E-state index contributed by atoms with van der Waals surface area (Å²) >= 11 is 3.15. The average molecular weight is 346 g/mol. The Morgan fingerprint density at radius 3 is 2.91 bits per heavy atom. The van der Waals surface area contributed by atoms with E-state index in [0.717, 1.165) is 34.1 Å². The summed E-state index contributed by atoms with van der Waals surface area (Å²) in [6.45, 7) is 2.70. The van der Waals surface area contributed by atoms with Gasteiger partial charge < -0.3 is 9.72 Å². The molecule has 0 aliphatic rings. The van der Waals surface area contributed by atoms with E-state index >= 15 is 0 Å². The van der Waals surface area contributed by atoms with Crippen molar-refractivity contribution < 1.29 is 4.74 Å². The maximum absolute atomic E-state index is 12.0. The van der Waals surface area contributed by atoms with Gasteiger partial charge in [0.25, 0.3) is 5.56 Å². The van der Waals surface area contributed by atoms with Crippen LogP contribution in [0.1, 0.15) is 17.7 Å². The zero-order valence-electron chi connectivity index (χ0n) is 12.9. The van der Waals surface area contributed by atoms with Gasteiger partial charge in [-0.3, -0.25) is 4.79 Å². The van der Waals surface area contributed by atoms with Gasteiger partial charge in [0.05, 0.1) is 12.0 Å². The molecule has 6 heteroatoms. The summed E-state index contributed by atoms with van der Waals surface area (Å²) in [5.41, 5.74) is -0.0470. The molecule has 4 nitrogen and oxygen atoms in total. The van der Waals surface area contributed by atoms with Gasteiger partial charge >= 0.3 is 0 Å². The quantitative estimate of drug-likeness (QED) is 0.395. The molecule has 1 aromatic carbocycles. The smallest absolute Gasteiger partial charge is 0.260 e. The molecule has 1 N–H and O–H groups in total. The molecule has 3 rings (SSSR count). The van der Waals surface area contributed by atoms with Crippen molar-refractivity contribution in [2.24, 2.45) is 0 Å². The summed E-state index contributed by atoms with van der Waals surface area (Å²) < 4.78 is 5.66. The van der Waals surface area contributed by atoms with E-state index in [9.17, 15) is 4.79 Å². The Kier molecular flexibility index (Phi) is 5.35. The van der Waals surface area contributed by atoms with Gasteiger partial charge in [0.1, 0.15) is 10.6 Å². The normalized spacial score (nSPS) is 11.0. The van der Waals surface area contributed by atoms with Crippen molar-refractivity contribution in [1.29, 1.82) is 0 Å². The van der Waals surface area contributed by atoms with E-state index in [2.05, 4.69) is 9.97 Å². The lowest BCUT2D eigenvalue weighted by Gasteiger charge is -2.05. The van der Waals surface area contributed by atoms with E-state index in [1.54, 1.807) is 23.1 Å². The third-order valence-electron chi connectivity index (χ3n) is 3.29. The van der Waals surface area contributed by atoms with Crippen LogP contribution in [0.4, 0.5) is 0 Å². The van der Waals surface area contributed by atoms with Crippen LogP contribution in [0.5, 0.6) is 5.75 Å². The molecule has 0 saturated carbocycles. The number of aromatic nitrogens is 2. The summed E-state index contributed by atoms with van der Waals surface area (Å²) in [6.07, 6.45) is 2.00. The molecule has 0 unspecified atom stereocenters. The minimum absolute atomic E-state index is 0.0470. The van der Waals surface area contributed by atoms with Crippen molar-refractivity contribution in [3.63, 3.8) is 0 Å². The van der Waals surface area contributed by atoms with Crippen LogP contribution in [0.3, 0.4) is 0 Å². The highest BCUT2D eigenvalue weighted by atomic mass is 32.2. The lowest BCUT2D eigenvalue weighted by atomic mass is 10.3. The number of benzene rings is 1. The Labute approximate surface area is 142 Å². The second-order valence-corrected chi connectivity index (χ2v) is 7.48. The molecule has 0 saturated heterocycles. The van der Waals surface area contributed by atoms with Crippen LogP contribution in [-0.4, -0.2) is 22.3 Å². The molecular weight excluding hydrogens is 328 g/mol. The highest BCUT2D eigenvalue weighted by Crippen LogP contribution is 2.22. The van der Waals surface area contributed by atoms with E-state index in [1.807, 2.05) is 43.3 Å². The topological polar surface area (TPSA) is 55.0 Å². The zero-order chi connectivity index (χ0) is 16.1. The molecule has 0 spiro atoms. The summed E-state index contributed by atoms with van der Waals surface area (Å²) in [5.74, 6) is 1.82. The molecule has 2 aromatic heterocycles. The number of rotatable bonds is 7. The zero-order valence-corrected chi connectivity index (χ0v) is 14.5. The van der Waals surface area contributed by atoms with E-state index in [4.69, 9.17) is 4.74 Å². The van der Waals surface area contributed by atoms with Gasteiger partial charge in [-0.15, -0.1) is 11.3 Å². The van der Waals surface area contributed by atoms with Gasteiger partial charge in [0.2, 0.25) is 0 Å². The molecule has 0 aliphatic carbocycles. The number of para-hydroxylation sites is 1. The average Bonchev–Trinajstić information content (AvgIpc) is 2.93. The Balaban J connectivity index is 1.45. The number of aromatic amines is 1. The fourth-order valence-electron chi connectivity index (χ4n) is 2.18. The van der Waals surface area contributed by atoms with Crippen molar-refractivity contribution in [2.45, 2.75) is 24.9 Å². The first-order valence-corrected chi connectivity index (χ1v) is 9.34. The van der Waals surface area contributed by atoms with Crippen LogP contribution < -0.4 is 10.3 Å². The van der Waals surface area contributed by atoms with Crippen LogP contribution in [0.15, 0.2) is 46.3 Å². The third kappa shape index (κ3) is 4.36. The first kappa shape index (κ1) is 16.1. The highest BCUT2D eigenvalue weighted by molar-refractivity contribution is 7.99. The first-order valence-electron chi connectivity index (χ1n) is 7.53. The lowest BCUT2D eigenvalue weighted by Crippen LogP contribution is -2.07. The number of nitrogens with one attached hydrogen (secondary N) is 1. The second-order valence-electron chi connectivity index (χ2n) is 5.16. The summed E-state index contributed by atoms with van der Waals surface area (Å²) in [4.78, 5) is 21.3. The molecule has 2 heterocycles. The van der Waals surface area contributed by atoms with Crippen molar-refractivity contribution in [1.82, 2.24) is 9.97 Å². The first-order chi connectivity index (χ1) is 11.2. The SMILES string of the molecule is Cc1cc2c(=O)[nH]c(SCCCCOc3ccccc3)nc2s1. The molecular formula is C17H18N2O2S2. The number of hydrogen-bond donors (Lipinski definition) is 1. The minimum atomic E-state index is -0.0470. The number of nitrogens with zero attached hydrogens (tertiary/aromatic N) is 1. The Morgan fingerprint density at radius 1 is 1.26 bits per heavy atom. The van der Waals surface area contributed by atoms with Gasteiger partial charge in [-0.05, 0) is 38.0 Å². The van der Waals surface area contributed by atoms with Crippen LogP contribution >= 0.6 is 23.1 Å². The summed E-state index contributed by atoms with van der Waals surface area (Å²) in [5, 5.41) is 1.39. The number of H-pyrrole nitrogens is 1. The second kappa shape index (κ2) is 7.66. The van der Waals surface area contributed by atoms with E-state index in [1.165, 1.54) is 0 Å². The standard InChI is InChI=1S/C17H18N2O2S2/c1-12-11-14-15(20)18-17(19-16(14)23-12)22-10-6-5-9-21-13-7-3-2-4-8-13/h2-4,7-8,11H,5-6,9-10H2,1H3,(H,18,19,20). The molecule has 0 atom stereocenters. The van der Waals surface area contributed by atoms with Gasteiger partial charge in [-0.1, -0.05) is 30.0 Å². The highest BCUT2D eigenvalue weighted by Gasteiger charge is 2.07. The van der Waals surface area contributed by atoms with E-state index < -0.39 is 0 Å². The minimum Gasteiger partial charge on any atom is -0.494 e. The molecule has 0 amide bonds. The molecule has 0 aliphatic heterocycles. The van der Waals surface area contributed by atoms with Crippen molar-refractivity contribution in [3.8, 4) is 5.75 Å². The number of thioether (sulfide) groups is 1. The number of unbranched alkanes of at least 4 members (excludes halogenated alkanes) is 1. The van der Waals surface area contributed by atoms with Gasteiger partial charge in [0, 0.05) is 10.6 Å². The van der Waals surface area contributed by atoms with Crippen LogP contribution in [0.2, 0.25) is 0 Å². The number of hydrogen-bond acceptors (Lipinski definition) is 5. The number of aryl methyl sites for hydroxylation is 1.